The van der Waals surface area contributed by atoms with Crippen LogP contribution in [0, 0.1) is 13.8 Å². The summed E-state index contributed by atoms with van der Waals surface area (Å²) in [7, 11) is 3.16. The number of carbonyl (C=O) groups excluding carboxylic acids is 1. The number of aldehydes is 1. The summed E-state index contributed by atoms with van der Waals surface area (Å²) < 4.78 is 16.8. The second-order valence-corrected chi connectivity index (χ2v) is 5.44. The summed E-state index contributed by atoms with van der Waals surface area (Å²) >= 11 is 0. The van der Waals surface area contributed by atoms with E-state index in [1.807, 2.05) is 13.8 Å². The van der Waals surface area contributed by atoms with Crippen LogP contribution in [-0.4, -0.2) is 27.1 Å². The average Bonchev–Trinajstić information content (AvgIpc) is 2.52. The third-order valence-corrected chi connectivity index (χ3v) is 3.90. The molecule has 0 aliphatic heterocycles. The van der Waals surface area contributed by atoms with Gasteiger partial charge in [-0.2, -0.15) is 0 Å². The van der Waals surface area contributed by atoms with Crippen LogP contribution in [0.1, 0.15) is 60.5 Å². The molecule has 1 aromatic carbocycles. The van der Waals surface area contributed by atoms with E-state index in [2.05, 4.69) is 6.92 Å². The van der Waals surface area contributed by atoms with Crippen molar-refractivity contribution in [1.82, 2.24) is 0 Å². The van der Waals surface area contributed by atoms with Crippen molar-refractivity contribution in [2.24, 2.45) is 0 Å². The SMILES string of the molecule is CCCCCCCOc1c(C)c(OC)c(C=O)c(C)c1OC. The van der Waals surface area contributed by atoms with Crippen molar-refractivity contribution in [3.63, 3.8) is 0 Å². The van der Waals surface area contributed by atoms with Crippen LogP contribution in [0.3, 0.4) is 0 Å². The van der Waals surface area contributed by atoms with Crippen molar-refractivity contribution in [1.29, 1.82) is 0 Å². The van der Waals surface area contributed by atoms with Gasteiger partial charge in [0.05, 0.1) is 26.4 Å². The van der Waals surface area contributed by atoms with Crippen molar-refractivity contribution in [2.45, 2.75) is 52.9 Å². The van der Waals surface area contributed by atoms with Gasteiger partial charge >= 0.3 is 0 Å². The first-order chi connectivity index (χ1) is 10.6. The minimum absolute atomic E-state index is 0.521. The molecule has 0 atom stereocenters. The number of hydrogen-bond acceptors (Lipinski definition) is 4. The van der Waals surface area contributed by atoms with Gasteiger partial charge in [0.2, 0.25) is 0 Å². The lowest BCUT2D eigenvalue weighted by Crippen LogP contribution is -2.06. The van der Waals surface area contributed by atoms with Gasteiger partial charge in [-0.15, -0.1) is 0 Å². The topological polar surface area (TPSA) is 44.8 Å². The van der Waals surface area contributed by atoms with Gasteiger partial charge in [0.1, 0.15) is 5.75 Å². The largest absolute Gasteiger partial charge is 0.496 e. The fraction of sp³-hybridized carbons (Fsp3) is 0.611. The molecule has 124 valence electrons. The quantitative estimate of drug-likeness (QED) is 0.472. The molecule has 0 aliphatic carbocycles. The van der Waals surface area contributed by atoms with Crippen LogP contribution in [0.15, 0.2) is 0 Å². The normalized spacial score (nSPS) is 10.4. The fourth-order valence-electron chi connectivity index (χ4n) is 2.64. The fourth-order valence-corrected chi connectivity index (χ4v) is 2.64. The molecule has 0 N–H and O–H groups in total. The lowest BCUT2D eigenvalue weighted by Gasteiger charge is -2.20. The number of hydrogen-bond donors (Lipinski definition) is 0. The van der Waals surface area contributed by atoms with Crippen LogP contribution in [0.5, 0.6) is 17.2 Å². The van der Waals surface area contributed by atoms with Crippen LogP contribution in [0.2, 0.25) is 0 Å². The van der Waals surface area contributed by atoms with Crippen LogP contribution in [0.25, 0.3) is 0 Å². The molecule has 0 spiro atoms. The first kappa shape index (κ1) is 18.3. The van der Waals surface area contributed by atoms with Crippen LogP contribution in [0.4, 0.5) is 0 Å². The number of rotatable bonds is 10. The maximum atomic E-state index is 11.3. The molecule has 0 bridgehead atoms. The minimum Gasteiger partial charge on any atom is -0.496 e. The molecular weight excluding hydrogens is 280 g/mol. The lowest BCUT2D eigenvalue weighted by molar-refractivity contribution is 0.111. The molecule has 0 amide bonds. The van der Waals surface area contributed by atoms with E-state index in [0.717, 1.165) is 30.3 Å². The Labute approximate surface area is 133 Å². The zero-order valence-electron chi connectivity index (χ0n) is 14.5. The van der Waals surface area contributed by atoms with E-state index in [-0.39, 0.29) is 0 Å². The molecule has 0 heterocycles. The van der Waals surface area contributed by atoms with Crippen LogP contribution >= 0.6 is 0 Å². The number of ether oxygens (including phenoxy) is 3. The maximum Gasteiger partial charge on any atom is 0.168 e. The van der Waals surface area contributed by atoms with Crippen molar-refractivity contribution in [3.05, 3.63) is 16.7 Å². The summed E-state index contributed by atoms with van der Waals surface area (Å²) in [6.45, 7) is 6.58. The highest BCUT2D eigenvalue weighted by atomic mass is 16.5. The van der Waals surface area contributed by atoms with Gasteiger partial charge in [-0.05, 0) is 20.3 Å². The maximum absolute atomic E-state index is 11.3. The van der Waals surface area contributed by atoms with Gasteiger partial charge in [0, 0.05) is 11.1 Å². The van der Waals surface area contributed by atoms with Crippen molar-refractivity contribution >= 4 is 6.29 Å². The standard InChI is InChI=1S/C18H28O4/c1-6-7-8-9-10-11-22-18-14(3)16(20-4)15(12-19)13(2)17(18)21-5/h12H,6-11H2,1-5H3. The average molecular weight is 308 g/mol. The van der Waals surface area contributed by atoms with Gasteiger partial charge in [-0.1, -0.05) is 32.6 Å². The Hall–Kier alpha value is -1.71. The summed E-state index contributed by atoms with van der Waals surface area (Å²) in [6, 6.07) is 0. The molecule has 22 heavy (non-hydrogen) atoms. The van der Waals surface area contributed by atoms with Crippen molar-refractivity contribution in [2.75, 3.05) is 20.8 Å². The van der Waals surface area contributed by atoms with Gasteiger partial charge in [-0.3, -0.25) is 4.79 Å². The van der Waals surface area contributed by atoms with Crippen molar-refractivity contribution in [3.8, 4) is 17.2 Å². The molecule has 0 aromatic heterocycles. The molecule has 0 saturated carbocycles. The van der Waals surface area contributed by atoms with Gasteiger partial charge in [0.25, 0.3) is 0 Å². The van der Waals surface area contributed by atoms with E-state index in [1.165, 1.54) is 19.3 Å². The number of carbonyl (C=O) groups is 1. The zero-order valence-corrected chi connectivity index (χ0v) is 14.5. The third kappa shape index (κ3) is 4.15. The lowest BCUT2D eigenvalue weighted by atomic mass is 10.0. The second kappa shape index (κ2) is 9.34. The van der Waals surface area contributed by atoms with E-state index in [0.29, 0.717) is 29.4 Å². The Bertz CT molecular complexity index is 495. The molecule has 0 fully saturated rings. The molecule has 0 unspecified atom stereocenters. The predicted molar refractivity (Wildman–Crippen MR) is 88.7 cm³/mol. The number of unbranched alkanes of at least 4 members (excludes halogenated alkanes) is 4. The molecule has 4 nitrogen and oxygen atoms in total. The molecule has 0 aliphatic rings. The highest BCUT2D eigenvalue weighted by Crippen LogP contribution is 2.42. The van der Waals surface area contributed by atoms with E-state index in [1.54, 1.807) is 14.2 Å². The van der Waals surface area contributed by atoms with E-state index in [4.69, 9.17) is 14.2 Å². The third-order valence-electron chi connectivity index (χ3n) is 3.90. The summed E-state index contributed by atoms with van der Waals surface area (Å²) in [4.78, 5) is 11.3. The molecule has 1 aromatic rings. The van der Waals surface area contributed by atoms with E-state index >= 15 is 0 Å². The monoisotopic (exact) mass is 308 g/mol. The van der Waals surface area contributed by atoms with E-state index < -0.39 is 0 Å². The minimum atomic E-state index is 0.521. The first-order valence-electron chi connectivity index (χ1n) is 7.95. The summed E-state index contributed by atoms with van der Waals surface area (Å²) in [6.07, 6.45) is 6.72. The summed E-state index contributed by atoms with van der Waals surface area (Å²) in [5.74, 6) is 1.86. The number of benzene rings is 1. The summed E-state index contributed by atoms with van der Waals surface area (Å²) in [5.41, 5.74) is 2.08. The Balaban J connectivity index is 2.93. The molecule has 0 saturated heterocycles. The second-order valence-electron chi connectivity index (χ2n) is 5.44. The highest BCUT2D eigenvalue weighted by Gasteiger charge is 2.21. The Morgan fingerprint density at radius 2 is 1.50 bits per heavy atom. The van der Waals surface area contributed by atoms with E-state index in [9.17, 15) is 4.79 Å². The molecule has 4 heteroatoms. The molecule has 0 radical (unpaired) electrons. The smallest absolute Gasteiger partial charge is 0.168 e. The Kier molecular flexibility index (Phi) is 7.78. The zero-order chi connectivity index (χ0) is 16.5. The van der Waals surface area contributed by atoms with Crippen molar-refractivity contribution < 1.29 is 19.0 Å². The van der Waals surface area contributed by atoms with Crippen LogP contribution in [-0.2, 0) is 0 Å². The number of methoxy groups -OCH3 is 2. The summed E-state index contributed by atoms with van der Waals surface area (Å²) in [5, 5.41) is 0. The Morgan fingerprint density at radius 1 is 0.864 bits per heavy atom. The first-order valence-corrected chi connectivity index (χ1v) is 7.95. The van der Waals surface area contributed by atoms with Gasteiger partial charge in [0.15, 0.2) is 17.8 Å². The predicted octanol–water partition coefficient (Wildman–Crippen LogP) is 4.48. The molecular formula is C18H28O4. The Morgan fingerprint density at radius 3 is 2.05 bits per heavy atom. The highest BCUT2D eigenvalue weighted by molar-refractivity contribution is 5.85. The van der Waals surface area contributed by atoms with Gasteiger partial charge < -0.3 is 14.2 Å². The van der Waals surface area contributed by atoms with Gasteiger partial charge in [-0.25, -0.2) is 0 Å². The van der Waals surface area contributed by atoms with Crippen LogP contribution < -0.4 is 14.2 Å². The molecule has 1 rings (SSSR count).